The molecule has 90 valence electrons. The van der Waals surface area contributed by atoms with E-state index in [-0.39, 0.29) is 6.04 Å². The molecule has 0 saturated carbocycles. The van der Waals surface area contributed by atoms with E-state index < -0.39 is 6.09 Å². The number of aryl methyl sites for hydroxylation is 1. The van der Waals surface area contributed by atoms with Crippen molar-refractivity contribution in [2.24, 2.45) is 0 Å². The normalized spacial score (nSPS) is 11.5. The topological polar surface area (TPSA) is 62.2 Å². The Hall–Kier alpha value is -2.02. The molecule has 4 heteroatoms. The zero-order valence-corrected chi connectivity index (χ0v) is 9.81. The Morgan fingerprint density at radius 1 is 1.65 bits per heavy atom. The Kier molecular flexibility index (Phi) is 5.02. The highest BCUT2D eigenvalue weighted by molar-refractivity contribution is 5.64. The van der Waals surface area contributed by atoms with Crippen LogP contribution in [0.1, 0.15) is 31.2 Å². The van der Waals surface area contributed by atoms with Gasteiger partial charge in [-0.3, -0.25) is 0 Å². The molecule has 0 aliphatic carbocycles. The van der Waals surface area contributed by atoms with Crippen molar-refractivity contribution in [1.82, 2.24) is 10.3 Å². The third kappa shape index (κ3) is 5.03. The van der Waals surface area contributed by atoms with E-state index in [4.69, 9.17) is 11.5 Å². The molecule has 0 aliphatic heterocycles. The van der Waals surface area contributed by atoms with Crippen LogP contribution < -0.4 is 5.32 Å². The number of pyridine rings is 1. The van der Waals surface area contributed by atoms with Gasteiger partial charge in [0.2, 0.25) is 0 Å². The SMILES string of the molecule is C#Cc1cccc(CCCC(C)NC(=O)O)n1. The Balaban J connectivity index is 2.35. The summed E-state index contributed by atoms with van der Waals surface area (Å²) < 4.78 is 0. The van der Waals surface area contributed by atoms with Crippen molar-refractivity contribution in [1.29, 1.82) is 0 Å². The maximum Gasteiger partial charge on any atom is 0.404 e. The molecule has 0 bridgehead atoms. The van der Waals surface area contributed by atoms with Crippen LogP contribution in [0.25, 0.3) is 0 Å². The first kappa shape index (κ1) is 13.0. The summed E-state index contributed by atoms with van der Waals surface area (Å²) in [5, 5.41) is 10.9. The first-order valence-electron chi connectivity index (χ1n) is 5.54. The van der Waals surface area contributed by atoms with Crippen LogP contribution in [-0.2, 0) is 6.42 Å². The highest BCUT2D eigenvalue weighted by Crippen LogP contribution is 2.05. The first-order chi connectivity index (χ1) is 8.11. The molecule has 2 N–H and O–H groups in total. The van der Waals surface area contributed by atoms with Crippen LogP contribution in [-0.4, -0.2) is 22.2 Å². The molecule has 1 aromatic heterocycles. The van der Waals surface area contributed by atoms with E-state index in [1.54, 1.807) is 6.07 Å². The van der Waals surface area contributed by atoms with Gasteiger partial charge in [0.15, 0.2) is 0 Å². The quantitative estimate of drug-likeness (QED) is 0.764. The zero-order chi connectivity index (χ0) is 12.7. The summed E-state index contributed by atoms with van der Waals surface area (Å²) in [4.78, 5) is 14.7. The zero-order valence-electron chi connectivity index (χ0n) is 9.81. The summed E-state index contributed by atoms with van der Waals surface area (Å²) in [5.41, 5.74) is 1.59. The van der Waals surface area contributed by atoms with Gasteiger partial charge in [-0.05, 0) is 38.3 Å². The number of nitrogens with zero attached hydrogens (tertiary/aromatic N) is 1. The minimum absolute atomic E-state index is 0.0386. The third-order valence-electron chi connectivity index (χ3n) is 2.39. The van der Waals surface area contributed by atoms with Crippen LogP contribution in [0.15, 0.2) is 18.2 Å². The summed E-state index contributed by atoms with van der Waals surface area (Å²) in [7, 11) is 0. The predicted molar refractivity (Wildman–Crippen MR) is 65.7 cm³/mol. The highest BCUT2D eigenvalue weighted by Gasteiger charge is 2.05. The Labute approximate surface area is 101 Å². The highest BCUT2D eigenvalue weighted by atomic mass is 16.4. The number of carboxylic acid groups (broad SMARTS) is 1. The van der Waals surface area contributed by atoms with Crippen LogP contribution in [0.3, 0.4) is 0 Å². The first-order valence-corrected chi connectivity index (χ1v) is 5.54. The summed E-state index contributed by atoms with van der Waals surface area (Å²) in [6.45, 7) is 1.85. The number of aromatic nitrogens is 1. The fraction of sp³-hybridized carbons (Fsp3) is 0.385. The average Bonchev–Trinajstić information content (AvgIpc) is 2.28. The van der Waals surface area contributed by atoms with Crippen molar-refractivity contribution in [3.8, 4) is 12.3 Å². The molecule has 1 amide bonds. The molecule has 1 heterocycles. The summed E-state index contributed by atoms with van der Waals surface area (Å²) >= 11 is 0. The van der Waals surface area contributed by atoms with Crippen molar-refractivity contribution < 1.29 is 9.90 Å². The van der Waals surface area contributed by atoms with Crippen molar-refractivity contribution in [2.75, 3.05) is 0 Å². The van der Waals surface area contributed by atoms with E-state index in [2.05, 4.69) is 16.2 Å². The molecule has 0 saturated heterocycles. The molecule has 0 radical (unpaired) electrons. The number of nitrogens with one attached hydrogen (secondary N) is 1. The lowest BCUT2D eigenvalue weighted by molar-refractivity contribution is 0.190. The van der Waals surface area contributed by atoms with Gasteiger partial charge in [-0.2, -0.15) is 0 Å². The number of rotatable bonds is 5. The van der Waals surface area contributed by atoms with Gasteiger partial charge in [-0.15, -0.1) is 6.42 Å². The lowest BCUT2D eigenvalue weighted by atomic mass is 10.1. The molecule has 17 heavy (non-hydrogen) atoms. The van der Waals surface area contributed by atoms with Gasteiger partial charge in [0, 0.05) is 11.7 Å². The van der Waals surface area contributed by atoms with E-state index in [0.717, 1.165) is 25.0 Å². The fourth-order valence-corrected chi connectivity index (χ4v) is 1.57. The van der Waals surface area contributed by atoms with E-state index in [1.807, 2.05) is 19.1 Å². The molecule has 4 nitrogen and oxygen atoms in total. The largest absolute Gasteiger partial charge is 0.465 e. The smallest absolute Gasteiger partial charge is 0.404 e. The van der Waals surface area contributed by atoms with Gasteiger partial charge in [-0.1, -0.05) is 12.0 Å². The van der Waals surface area contributed by atoms with Crippen LogP contribution in [0.4, 0.5) is 4.79 Å². The standard InChI is InChI=1S/C13H16N2O2/c1-3-11-7-5-9-12(15-11)8-4-6-10(2)14-13(16)17/h1,5,7,9-10,14H,4,6,8H2,2H3,(H,16,17). The van der Waals surface area contributed by atoms with Crippen molar-refractivity contribution >= 4 is 6.09 Å². The van der Waals surface area contributed by atoms with Crippen molar-refractivity contribution in [3.05, 3.63) is 29.6 Å². The molecule has 0 fully saturated rings. The average molecular weight is 232 g/mol. The minimum atomic E-state index is -0.982. The monoisotopic (exact) mass is 232 g/mol. The van der Waals surface area contributed by atoms with Gasteiger partial charge in [0.1, 0.15) is 5.69 Å². The molecule has 0 aliphatic rings. The Bertz CT molecular complexity index is 424. The molecular weight excluding hydrogens is 216 g/mol. The van der Waals surface area contributed by atoms with E-state index in [1.165, 1.54) is 0 Å². The molecule has 1 unspecified atom stereocenters. The second-order valence-electron chi connectivity index (χ2n) is 3.90. The summed E-state index contributed by atoms with van der Waals surface area (Å²) in [6.07, 6.45) is 6.75. The Morgan fingerprint density at radius 2 is 2.41 bits per heavy atom. The molecule has 1 rings (SSSR count). The summed E-state index contributed by atoms with van der Waals surface area (Å²) in [6, 6.07) is 5.56. The van der Waals surface area contributed by atoms with Crippen molar-refractivity contribution in [3.63, 3.8) is 0 Å². The van der Waals surface area contributed by atoms with Gasteiger partial charge >= 0.3 is 6.09 Å². The van der Waals surface area contributed by atoms with Gasteiger partial charge in [0.25, 0.3) is 0 Å². The van der Waals surface area contributed by atoms with Crippen molar-refractivity contribution in [2.45, 2.75) is 32.2 Å². The minimum Gasteiger partial charge on any atom is -0.465 e. The molecule has 1 atom stereocenters. The molecule has 0 spiro atoms. The second-order valence-corrected chi connectivity index (χ2v) is 3.90. The maximum absolute atomic E-state index is 10.4. The van der Waals surface area contributed by atoms with Crippen LogP contribution in [0.5, 0.6) is 0 Å². The van der Waals surface area contributed by atoms with E-state index in [9.17, 15) is 4.79 Å². The molecule has 1 aromatic rings. The van der Waals surface area contributed by atoms with Crippen LogP contribution >= 0.6 is 0 Å². The van der Waals surface area contributed by atoms with Gasteiger partial charge in [0.05, 0.1) is 0 Å². The predicted octanol–water partition coefficient (Wildman–Crippen LogP) is 2.04. The number of hydrogen-bond donors (Lipinski definition) is 2. The molecule has 0 aromatic carbocycles. The molecular formula is C13H16N2O2. The van der Waals surface area contributed by atoms with Gasteiger partial charge in [-0.25, -0.2) is 9.78 Å². The second kappa shape index (κ2) is 6.54. The van der Waals surface area contributed by atoms with Crippen LogP contribution in [0.2, 0.25) is 0 Å². The lowest BCUT2D eigenvalue weighted by Crippen LogP contribution is -2.30. The lowest BCUT2D eigenvalue weighted by Gasteiger charge is -2.10. The fourth-order valence-electron chi connectivity index (χ4n) is 1.57. The number of carbonyl (C=O) groups is 1. The summed E-state index contributed by atoms with van der Waals surface area (Å²) in [5.74, 6) is 2.49. The number of hydrogen-bond acceptors (Lipinski definition) is 2. The Morgan fingerprint density at radius 3 is 3.06 bits per heavy atom. The van der Waals surface area contributed by atoms with Crippen LogP contribution in [0, 0.1) is 12.3 Å². The number of amides is 1. The maximum atomic E-state index is 10.4. The van der Waals surface area contributed by atoms with Gasteiger partial charge < -0.3 is 10.4 Å². The number of terminal acetylenes is 1. The third-order valence-corrected chi connectivity index (χ3v) is 2.39. The van der Waals surface area contributed by atoms with E-state index in [0.29, 0.717) is 5.69 Å². The van der Waals surface area contributed by atoms with E-state index >= 15 is 0 Å².